The Morgan fingerprint density at radius 3 is 2.75 bits per heavy atom. The van der Waals surface area contributed by atoms with Crippen LogP contribution in [0.2, 0.25) is 0 Å². The van der Waals surface area contributed by atoms with Crippen LogP contribution in [-0.4, -0.2) is 75.5 Å². The third kappa shape index (κ3) is 4.76. The number of anilines is 1. The molecule has 5 unspecified atom stereocenters. The molecule has 0 aromatic carbocycles. The van der Waals surface area contributed by atoms with Gasteiger partial charge in [-0.3, -0.25) is 14.4 Å². The number of carbonyl (C=O) groups excluding carboxylic acids is 3. The molecule has 192 valence electrons. The van der Waals surface area contributed by atoms with Gasteiger partial charge in [0.25, 0.3) is 0 Å². The van der Waals surface area contributed by atoms with E-state index in [9.17, 15) is 24.8 Å². The summed E-state index contributed by atoms with van der Waals surface area (Å²) in [5, 5.41) is 22.4. The molecule has 3 amide bonds. The molecule has 2 N–H and O–H groups in total. The Hall–Kier alpha value is -3.19. The Balaban J connectivity index is 1.32. The maximum Gasteiger partial charge on any atom is 0.246 e. The summed E-state index contributed by atoms with van der Waals surface area (Å²) < 4.78 is 5.68. The fourth-order valence-corrected chi connectivity index (χ4v) is 6.44. The van der Waals surface area contributed by atoms with Crippen LogP contribution in [0.1, 0.15) is 51.4 Å². The lowest BCUT2D eigenvalue weighted by molar-refractivity contribution is -0.146. The lowest BCUT2D eigenvalue weighted by atomic mass is 9.78. The minimum absolute atomic E-state index is 0.0486. The zero-order chi connectivity index (χ0) is 25.2. The molecular formula is C26H33N5O5. The second kappa shape index (κ2) is 10.4. The van der Waals surface area contributed by atoms with Crippen LogP contribution in [0.15, 0.2) is 18.3 Å². The van der Waals surface area contributed by atoms with Gasteiger partial charge in [0, 0.05) is 25.9 Å². The predicted octanol–water partition coefficient (Wildman–Crippen LogP) is 2.05. The molecule has 36 heavy (non-hydrogen) atoms. The molecule has 6 atom stereocenters. The molecule has 1 aromatic rings. The first-order valence-electron chi connectivity index (χ1n) is 13.0. The number of hydrogen-bond acceptors (Lipinski definition) is 7. The van der Waals surface area contributed by atoms with Gasteiger partial charge in [-0.15, -0.1) is 0 Å². The Bertz CT molecular complexity index is 1050. The number of nitrogens with one attached hydrogen (secondary N) is 1. The molecule has 0 bridgehead atoms. The van der Waals surface area contributed by atoms with Gasteiger partial charge < -0.3 is 25.0 Å². The number of fused-ring (bicyclic) bond motifs is 1. The summed E-state index contributed by atoms with van der Waals surface area (Å²) >= 11 is 0. The number of likely N-dealkylation sites (tertiary alicyclic amines) is 2. The number of nitrogens with zero attached hydrogens (tertiary/aromatic N) is 4. The normalized spacial score (nSPS) is 31.6. The molecule has 1 aliphatic carbocycles. The Kier molecular flexibility index (Phi) is 7.10. The first-order valence-corrected chi connectivity index (χ1v) is 13.0. The van der Waals surface area contributed by atoms with E-state index >= 15 is 0 Å². The molecule has 1 aromatic heterocycles. The SMILES string of the molecule is N#CC1CC(C(=O)Nc2ncccc2O)CN1C(=O)[C@@H]1C2CCCCC2CN1C(=O)CC1CCCO1. The Morgan fingerprint density at radius 2 is 2.00 bits per heavy atom. The molecule has 4 fully saturated rings. The summed E-state index contributed by atoms with van der Waals surface area (Å²) in [6, 6.07) is 3.83. The largest absolute Gasteiger partial charge is 0.504 e. The summed E-state index contributed by atoms with van der Waals surface area (Å²) in [6.45, 7) is 1.33. The van der Waals surface area contributed by atoms with Gasteiger partial charge in [-0.1, -0.05) is 12.8 Å². The van der Waals surface area contributed by atoms with Crippen LogP contribution < -0.4 is 5.32 Å². The topological polar surface area (TPSA) is 136 Å². The van der Waals surface area contributed by atoms with E-state index in [-0.39, 0.29) is 60.7 Å². The predicted molar refractivity (Wildman–Crippen MR) is 128 cm³/mol. The highest BCUT2D eigenvalue weighted by Crippen LogP contribution is 2.42. The Labute approximate surface area is 210 Å². The molecule has 10 heteroatoms. The third-order valence-electron chi connectivity index (χ3n) is 8.27. The second-order valence-electron chi connectivity index (χ2n) is 10.5. The average molecular weight is 496 g/mol. The van der Waals surface area contributed by atoms with Crippen LogP contribution in [0.5, 0.6) is 5.75 Å². The van der Waals surface area contributed by atoms with E-state index < -0.39 is 23.9 Å². The number of pyridine rings is 1. The minimum Gasteiger partial charge on any atom is -0.504 e. The number of aromatic nitrogens is 1. The molecule has 5 rings (SSSR count). The molecule has 3 aliphatic heterocycles. The smallest absolute Gasteiger partial charge is 0.246 e. The second-order valence-corrected chi connectivity index (χ2v) is 10.5. The lowest BCUT2D eigenvalue weighted by Crippen LogP contribution is -2.52. The molecule has 0 spiro atoms. The zero-order valence-electron chi connectivity index (χ0n) is 20.3. The number of amides is 3. The zero-order valence-corrected chi connectivity index (χ0v) is 20.3. The van der Waals surface area contributed by atoms with Crippen molar-refractivity contribution in [2.75, 3.05) is 25.0 Å². The van der Waals surface area contributed by atoms with Crippen molar-refractivity contribution >= 4 is 23.5 Å². The molecule has 1 saturated carbocycles. The summed E-state index contributed by atoms with van der Waals surface area (Å²) in [7, 11) is 0. The van der Waals surface area contributed by atoms with Crippen LogP contribution in [0.3, 0.4) is 0 Å². The first kappa shape index (κ1) is 24.5. The minimum atomic E-state index is -0.747. The van der Waals surface area contributed by atoms with Gasteiger partial charge >= 0.3 is 0 Å². The number of rotatable bonds is 5. The third-order valence-corrected chi connectivity index (χ3v) is 8.27. The highest BCUT2D eigenvalue weighted by atomic mass is 16.5. The van der Waals surface area contributed by atoms with Crippen molar-refractivity contribution in [3.63, 3.8) is 0 Å². The van der Waals surface area contributed by atoms with E-state index in [1.165, 1.54) is 17.2 Å². The highest BCUT2D eigenvalue weighted by Gasteiger charge is 2.52. The van der Waals surface area contributed by atoms with Crippen LogP contribution >= 0.6 is 0 Å². The number of nitriles is 1. The van der Waals surface area contributed by atoms with Crippen LogP contribution in [0.25, 0.3) is 0 Å². The van der Waals surface area contributed by atoms with Crippen molar-refractivity contribution in [2.24, 2.45) is 17.8 Å². The molecule has 4 aliphatic rings. The standard InChI is InChI=1S/C26H33N5O5/c27-13-18-11-17(25(34)29-24-21(32)8-3-9-28-24)15-30(18)26(35)23-20-7-2-1-5-16(20)14-31(23)22(33)12-19-6-4-10-36-19/h3,8-9,16-20,23,32H,1-2,4-7,10-12,14-15H2,(H,28,29,34)/t16?,17?,18?,19?,20?,23-/m0/s1. The van der Waals surface area contributed by atoms with Crippen molar-refractivity contribution in [1.29, 1.82) is 5.26 Å². The van der Waals surface area contributed by atoms with Gasteiger partial charge in [0.05, 0.1) is 24.5 Å². The number of hydrogen-bond donors (Lipinski definition) is 2. The van der Waals surface area contributed by atoms with Gasteiger partial charge in [-0.2, -0.15) is 5.26 Å². The number of carbonyl (C=O) groups is 3. The van der Waals surface area contributed by atoms with E-state index in [0.717, 1.165) is 38.5 Å². The van der Waals surface area contributed by atoms with Gasteiger partial charge in [0.15, 0.2) is 11.6 Å². The molecular weight excluding hydrogens is 462 g/mol. The van der Waals surface area contributed by atoms with E-state index in [1.54, 1.807) is 11.0 Å². The van der Waals surface area contributed by atoms with E-state index in [1.807, 2.05) is 0 Å². The molecule has 10 nitrogen and oxygen atoms in total. The summed E-state index contributed by atoms with van der Waals surface area (Å²) in [5.41, 5.74) is 0. The van der Waals surface area contributed by atoms with E-state index in [4.69, 9.17) is 4.74 Å². The van der Waals surface area contributed by atoms with Crippen molar-refractivity contribution in [3.8, 4) is 11.8 Å². The fourth-order valence-electron chi connectivity index (χ4n) is 6.44. The highest BCUT2D eigenvalue weighted by molar-refractivity contribution is 5.95. The maximum atomic E-state index is 14.0. The lowest BCUT2D eigenvalue weighted by Gasteiger charge is -2.33. The first-order chi connectivity index (χ1) is 17.5. The van der Waals surface area contributed by atoms with E-state index in [2.05, 4.69) is 16.4 Å². The van der Waals surface area contributed by atoms with Crippen molar-refractivity contribution in [2.45, 2.75) is 69.6 Å². The summed E-state index contributed by atoms with van der Waals surface area (Å²) in [5.74, 6) is -1.02. The molecule has 4 heterocycles. The van der Waals surface area contributed by atoms with Crippen molar-refractivity contribution < 1.29 is 24.2 Å². The maximum absolute atomic E-state index is 14.0. The van der Waals surface area contributed by atoms with E-state index in [0.29, 0.717) is 13.2 Å². The van der Waals surface area contributed by atoms with Gasteiger partial charge in [-0.05, 0) is 56.1 Å². The quantitative estimate of drug-likeness (QED) is 0.638. The molecule has 3 saturated heterocycles. The van der Waals surface area contributed by atoms with Gasteiger partial charge in [0.2, 0.25) is 17.7 Å². The monoisotopic (exact) mass is 495 g/mol. The average Bonchev–Trinajstić information content (AvgIpc) is 3.63. The number of ether oxygens (including phenoxy) is 1. The molecule has 0 radical (unpaired) electrons. The van der Waals surface area contributed by atoms with Crippen LogP contribution in [0.4, 0.5) is 5.82 Å². The summed E-state index contributed by atoms with van der Waals surface area (Å²) in [6.07, 6.45) is 7.67. The van der Waals surface area contributed by atoms with Crippen LogP contribution in [-0.2, 0) is 19.1 Å². The van der Waals surface area contributed by atoms with Gasteiger partial charge in [-0.25, -0.2) is 4.98 Å². The fraction of sp³-hybridized carbons (Fsp3) is 0.654. The number of aromatic hydroxyl groups is 1. The van der Waals surface area contributed by atoms with Crippen LogP contribution in [0, 0.1) is 29.1 Å². The van der Waals surface area contributed by atoms with Crippen molar-refractivity contribution in [3.05, 3.63) is 18.3 Å². The van der Waals surface area contributed by atoms with Crippen molar-refractivity contribution in [1.82, 2.24) is 14.8 Å². The van der Waals surface area contributed by atoms with Gasteiger partial charge in [0.1, 0.15) is 12.1 Å². The Morgan fingerprint density at radius 1 is 1.17 bits per heavy atom. The summed E-state index contributed by atoms with van der Waals surface area (Å²) in [4.78, 5) is 47.5.